The lowest BCUT2D eigenvalue weighted by Crippen LogP contribution is -2.18. The second-order valence-electron chi connectivity index (χ2n) is 6.36. The van der Waals surface area contributed by atoms with Gasteiger partial charge in [0.25, 0.3) is 5.91 Å². The van der Waals surface area contributed by atoms with Gasteiger partial charge in [-0.25, -0.2) is 0 Å². The fraction of sp³-hybridized carbons (Fsp3) is 0.444. The molecule has 0 aliphatic carbocycles. The van der Waals surface area contributed by atoms with Gasteiger partial charge in [-0.3, -0.25) is 4.79 Å². The molecule has 23 heavy (non-hydrogen) atoms. The van der Waals surface area contributed by atoms with E-state index in [-0.39, 0.29) is 11.8 Å². The van der Waals surface area contributed by atoms with E-state index in [1.165, 1.54) is 12.8 Å². The summed E-state index contributed by atoms with van der Waals surface area (Å²) in [4.78, 5) is 15.0. The Bertz CT molecular complexity index is 700. The maximum Gasteiger partial charge on any atom is 0.261 e. The van der Waals surface area contributed by atoms with Crippen LogP contribution in [0.25, 0.3) is 0 Å². The summed E-state index contributed by atoms with van der Waals surface area (Å²) in [6.45, 7) is 7.94. The average molecular weight is 313 g/mol. The number of hydrogen-bond acceptors (Lipinski definition) is 4. The Kier molecular flexibility index (Phi) is 4.37. The van der Waals surface area contributed by atoms with Crippen LogP contribution in [0.4, 0.5) is 11.4 Å². The minimum Gasteiger partial charge on any atom is -0.371 e. The van der Waals surface area contributed by atoms with Crippen molar-refractivity contribution in [3.05, 3.63) is 41.3 Å². The summed E-state index contributed by atoms with van der Waals surface area (Å²) in [5, 5.41) is 6.92. The molecule has 1 N–H and O–H groups in total. The first-order valence-corrected chi connectivity index (χ1v) is 8.19. The average Bonchev–Trinajstić information content (AvgIpc) is 3.16. The molecular formula is C18H23N3O2. The standard InChI is InChI=1S/C18H23N3O2/c1-12(2)17-16(13(3)20-23-17)18(22)19-14-7-6-8-15(11-14)21-9-4-5-10-21/h6-8,11-12H,4-5,9-10H2,1-3H3,(H,19,22). The van der Waals surface area contributed by atoms with Crippen molar-refractivity contribution in [2.75, 3.05) is 23.3 Å². The third-order valence-corrected chi connectivity index (χ3v) is 4.22. The number of nitrogens with zero attached hydrogens (tertiary/aromatic N) is 2. The summed E-state index contributed by atoms with van der Waals surface area (Å²) in [6, 6.07) is 8.01. The van der Waals surface area contributed by atoms with Gasteiger partial charge in [0.1, 0.15) is 5.56 Å². The number of benzene rings is 1. The molecule has 0 saturated carbocycles. The lowest BCUT2D eigenvalue weighted by atomic mass is 10.0. The number of anilines is 2. The van der Waals surface area contributed by atoms with Gasteiger partial charge in [-0.1, -0.05) is 25.1 Å². The molecule has 1 aromatic heterocycles. The highest BCUT2D eigenvalue weighted by molar-refractivity contribution is 6.06. The molecule has 5 nitrogen and oxygen atoms in total. The lowest BCUT2D eigenvalue weighted by molar-refractivity contribution is 0.102. The van der Waals surface area contributed by atoms with Gasteiger partial charge in [0, 0.05) is 30.4 Å². The number of aryl methyl sites for hydroxylation is 1. The first-order valence-electron chi connectivity index (χ1n) is 8.19. The summed E-state index contributed by atoms with van der Waals surface area (Å²) in [6.07, 6.45) is 2.46. The van der Waals surface area contributed by atoms with Gasteiger partial charge in [-0.15, -0.1) is 0 Å². The quantitative estimate of drug-likeness (QED) is 0.928. The summed E-state index contributed by atoms with van der Waals surface area (Å²) >= 11 is 0. The molecule has 3 rings (SSSR count). The second-order valence-corrected chi connectivity index (χ2v) is 6.36. The summed E-state index contributed by atoms with van der Waals surface area (Å²) < 4.78 is 5.30. The molecule has 1 aliphatic rings. The molecule has 1 saturated heterocycles. The summed E-state index contributed by atoms with van der Waals surface area (Å²) in [5.74, 6) is 0.592. The van der Waals surface area contributed by atoms with Crippen LogP contribution in [0, 0.1) is 6.92 Å². The van der Waals surface area contributed by atoms with Crippen LogP contribution in [0.15, 0.2) is 28.8 Å². The fourth-order valence-corrected chi connectivity index (χ4v) is 3.01. The zero-order chi connectivity index (χ0) is 16.4. The molecule has 0 unspecified atom stereocenters. The Morgan fingerprint density at radius 2 is 2.04 bits per heavy atom. The molecule has 5 heteroatoms. The normalized spacial score (nSPS) is 14.5. The van der Waals surface area contributed by atoms with Crippen LogP contribution in [-0.2, 0) is 0 Å². The Hall–Kier alpha value is -2.30. The van der Waals surface area contributed by atoms with Crippen LogP contribution in [0.5, 0.6) is 0 Å². The third-order valence-electron chi connectivity index (χ3n) is 4.22. The Morgan fingerprint density at radius 1 is 1.30 bits per heavy atom. The van der Waals surface area contributed by atoms with Crippen LogP contribution in [0.1, 0.15) is 54.4 Å². The number of carbonyl (C=O) groups excluding carboxylic acids is 1. The van der Waals surface area contributed by atoms with E-state index in [2.05, 4.69) is 21.4 Å². The van der Waals surface area contributed by atoms with Gasteiger partial charge in [-0.05, 0) is 38.0 Å². The van der Waals surface area contributed by atoms with E-state index >= 15 is 0 Å². The zero-order valence-corrected chi connectivity index (χ0v) is 13.9. The number of rotatable bonds is 4. The van der Waals surface area contributed by atoms with E-state index in [0.717, 1.165) is 24.5 Å². The maximum absolute atomic E-state index is 12.6. The first kappa shape index (κ1) is 15.6. The van der Waals surface area contributed by atoms with E-state index < -0.39 is 0 Å². The number of hydrogen-bond donors (Lipinski definition) is 1. The number of aromatic nitrogens is 1. The van der Waals surface area contributed by atoms with Crippen LogP contribution < -0.4 is 10.2 Å². The van der Waals surface area contributed by atoms with Crippen LogP contribution in [0.3, 0.4) is 0 Å². The summed E-state index contributed by atoms with van der Waals surface area (Å²) in [5.41, 5.74) is 3.13. The molecule has 1 amide bonds. The van der Waals surface area contributed by atoms with Crippen molar-refractivity contribution in [1.29, 1.82) is 0 Å². The Balaban J connectivity index is 1.80. The molecular weight excluding hydrogens is 290 g/mol. The second kappa shape index (κ2) is 6.44. The third kappa shape index (κ3) is 3.23. The van der Waals surface area contributed by atoms with Crippen LogP contribution >= 0.6 is 0 Å². The topological polar surface area (TPSA) is 58.4 Å². The van der Waals surface area contributed by atoms with Gasteiger partial charge < -0.3 is 14.7 Å². The highest BCUT2D eigenvalue weighted by Gasteiger charge is 2.23. The van der Waals surface area contributed by atoms with Crippen molar-refractivity contribution in [3.8, 4) is 0 Å². The minimum atomic E-state index is -0.161. The van der Waals surface area contributed by atoms with Gasteiger partial charge in [0.15, 0.2) is 5.76 Å². The van der Waals surface area contributed by atoms with Crippen molar-refractivity contribution < 1.29 is 9.32 Å². The first-order chi connectivity index (χ1) is 11.1. The number of carbonyl (C=O) groups is 1. The molecule has 0 radical (unpaired) electrons. The highest BCUT2D eigenvalue weighted by atomic mass is 16.5. The monoisotopic (exact) mass is 313 g/mol. The van der Waals surface area contributed by atoms with E-state index in [9.17, 15) is 4.79 Å². The SMILES string of the molecule is Cc1noc(C(C)C)c1C(=O)Nc1cccc(N2CCCC2)c1. The summed E-state index contributed by atoms with van der Waals surface area (Å²) in [7, 11) is 0. The van der Waals surface area contributed by atoms with Gasteiger partial charge in [0.2, 0.25) is 0 Å². The van der Waals surface area contributed by atoms with Crippen molar-refractivity contribution in [3.63, 3.8) is 0 Å². The van der Waals surface area contributed by atoms with Gasteiger partial charge in [-0.2, -0.15) is 0 Å². The molecule has 1 aliphatic heterocycles. The number of nitrogens with one attached hydrogen (secondary N) is 1. The molecule has 122 valence electrons. The molecule has 0 bridgehead atoms. The maximum atomic E-state index is 12.6. The van der Waals surface area contributed by atoms with Crippen molar-refractivity contribution in [2.45, 2.75) is 39.5 Å². The predicted octanol–water partition coefficient (Wildman–Crippen LogP) is 3.96. The number of amides is 1. The molecule has 1 fully saturated rings. The molecule has 0 atom stereocenters. The van der Waals surface area contributed by atoms with Crippen molar-refractivity contribution in [1.82, 2.24) is 5.16 Å². The highest BCUT2D eigenvalue weighted by Crippen LogP contribution is 2.26. The van der Waals surface area contributed by atoms with Crippen LogP contribution in [-0.4, -0.2) is 24.2 Å². The molecule has 1 aromatic carbocycles. The van der Waals surface area contributed by atoms with E-state index in [0.29, 0.717) is 17.0 Å². The zero-order valence-electron chi connectivity index (χ0n) is 13.9. The van der Waals surface area contributed by atoms with Crippen molar-refractivity contribution in [2.24, 2.45) is 0 Å². The van der Waals surface area contributed by atoms with E-state index in [1.807, 2.05) is 32.0 Å². The smallest absolute Gasteiger partial charge is 0.261 e. The molecule has 2 heterocycles. The largest absolute Gasteiger partial charge is 0.371 e. The predicted molar refractivity (Wildman–Crippen MR) is 91.2 cm³/mol. The lowest BCUT2D eigenvalue weighted by Gasteiger charge is -2.18. The van der Waals surface area contributed by atoms with Crippen LogP contribution in [0.2, 0.25) is 0 Å². The van der Waals surface area contributed by atoms with Gasteiger partial charge in [0.05, 0.1) is 5.69 Å². The van der Waals surface area contributed by atoms with E-state index in [4.69, 9.17) is 4.52 Å². The minimum absolute atomic E-state index is 0.118. The Labute approximate surface area is 136 Å². The Morgan fingerprint density at radius 3 is 2.74 bits per heavy atom. The fourth-order valence-electron chi connectivity index (χ4n) is 3.01. The van der Waals surface area contributed by atoms with Crippen molar-refractivity contribution >= 4 is 17.3 Å². The molecule has 0 spiro atoms. The van der Waals surface area contributed by atoms with Gasteiger partial charge >= 0.3 is 0 Å². The molecule has 2 aromatic rings. The van der Waals surface area contributed by atoms with E-state index in [1.54, 1.807) is 6.92 Å².